The van der Waals surface area contributed by atoms with Crippen LogP contribution in [0, 0.1) is 5.41 Å². The van der Waals surface area contributed by atoms with Crippen LogP contribution in [-0.2, 0) is 11.3 Å². The minimum atomic E-state index is -0.213. The Morgan fingerprint density at radius 3 is 2.85 bits per heavy atom. The SMILES string of the molecule is CCn1nnc(-c2cccc(NC(=O)NCC3(COC)CCCC3)c2)n1. The lowest BCUT2D eigenvalue weighted by Crippen LogP contribution is -2.40. The number of carbonyl (C=O) groups is 1. The average molecular weight is 358 g/mol. The molecule has 0 bridgehead atoms. The highest BCUT2D eigenvalue weighted by molar-refractivity contribution is 5.89. The molecule has 0 atom stereocenters. The van der Waals surface area contributed by atoms with Crippen LogP contribution in [0.5, 0.6) is 0 Å². The van der Waals surface area contributed by atoms with Crippen LogP contribution in [0.2, 0.25) is 0 Å². The number of nitrogens with zero attached hydrogens (tertiary/aromatic N) is 4. The zero-order chi connectivity index (χ0) is 18.4. The van der Waals surface area contributed by atoms with E-state index in [2.05, 4.69) is 26.0 Å². The van der Waals surface area contributed by atoms with Gasteiger partial charge in [-0.1, -0.05) is 25.0 Å². The van der Waals surface area contributed by atoms with Crippen LogP contribution in [0.4, 0.5) is 10.5 Å². The van der Waals surface area contributed by atoms with Crippen LogP contribution in [0.25, 0.3) is 11.4 Å². The van der Waals surface area contributed by atoms with Gasteiger partial charge in [0.05, 0.1) is 13.2 Å². The molecule has 1 aliphatic carbocycles. The number of hydrogen-bond acceptors (Lipinski definition) is 5. The van der Waals surface area contributed by atoms with Gasteiger partial charge in [0.15, 0.2) is 0 Å². The van der Waals surface area contributed by atoms with Crippen molar-refractivity contribution >= 4 is 11.7 Å². The number of carbonyl (C=O) groups excluding carboxylic acids is 1. The van der Waals surface area contributed by atoms with Crippen LogP contribution < -0.4 is 10.6 Å². The maximum atomic E-state index is 12.3. The lowest BCUT2D eigenvalue weighted by atomic mass is 9.87. The molecule has 8 heteroatoms. The standard InChI is InChI=1S/C18H26N6O2/c1-3-24-22-16(21-23-24)14-7-6-8-15(11-14)20-17(25)19-12-18(13-26-2)9-4-5-10-18/h6-8,11H,3-5,9-10,12-13H2,1-2H3,(H2,19,20,25). The summed E-state index contributed by atoms with van der Waals surface area (Å²) >= 11 is 0. The van der Waals surface area contributed by atoms with E-state index in [0.29, 0.717) is 31.2 Å². The molecule has 1 aromatic carbocycles. The lowest BCUT2D eigenvalue weighted by Gasteiger charge is -2.28. The average Bonchev–Trinajstić information content (AvgIpc) is 3.31. The predicted octanol–water partition coefficient (Wildman–Crippen LogP) is 2.69. The molecule has 8 nitrogen and oxygen atoms in total. The van der Waals surface area contributed by atoms with Gasteiger partial charge >= 0.3 is 6.03 Å². The summed E-state index contributed by atoms with van der Waals surface area (Å²) in [7, 11) is 1.72. The third kappa shape index (κ3) is 4.37. The van der Waals surface area contributed by atoms with E-state index < -0.39 is 0 Å². The van der Waals surface area contributed by atoms with Gasteiger partial charge in [0, 0.05) is 30.3 Å². The Morgan fingerprint density at radius 1 is 1.35 bits per heavy atom. The van der Waals surface area contributed by atoms with Gasteiger partial charge < -0.3 is 15.4 Å². The molecular weight excluding hydrogens is 332 g/mol. The van der Waals surface area contributed by atoms with E-state index in [-0.39, 0.29) is 11.4 Å². The zero-order valence-electron chi connectivity index (χ0n) is 15.4. The van der Waals surface area contributed by atoms with Gasteiger partial charge in [0.2, 0.25) is 5.82 Å². The third-order valence-electron chi connectivity index (χ3n) is 4.85. The van der Waals surface area contributed by atoms with Gasteiger partial charge in [-0.25, -0.2) is 4.79 Å². The Labute approximate surface area is 153 Å². The molecule has 26 heavy (non-hydrogen) atoms. The second-order valence-corrected chi connectivity index (χ2v) is 6.83. The molecule has 0 unspecified atom stereocenters. The summed E-state index contributed by atoms with van der Waals surface area (Å²) in [6, 6.07) is 7.23. The molecule has 1 aromatic heterocycles. The number of hydrogen-bond donors (Lipinski definition) is 2. The lowest BCUT2D eigenvalue weighted by molar-refractivity contribution is 0.0847. The van der Waals surface area contributed by atoms with Crippen molar-refractivity contribution in [1.82, 2.24) is 25.5 Å². The summed E-state index contributed by atoms with van der Waals surface area (Å²) in [6.45, 7) is 3.92. The number of ether oxygens (including phenoxy) is 1. The Balaban J connectivity index is 1.60. The summed E-state index contributed by atoms with van der Waals surface area (Å²) in [6.07, 6.45) is 4.57. The normalized spacial score (nSPS) is 15.8. The maximum absolute atomic E-state index is 12.3. The van der Waals surface area contributed by atoms with E-state index in [1.54, 1.807) is 7.11 Å². The van der Waals surface area contributed by atoms with Gasteiger partial charge in [0.25, 0.3) is 0 Å². The van der Waals surface area contributed by atoms with Crippen molar-refractivity contribution in [1.29, 1.82) is 0 Å². The first-order chi connectivity index (χ1) is 12.6. The highest BCUT2D eigenvalue weighted by Crippen LogP contribution is 2.37. The van der Waals surface area contributed by atoms with Crippen molar-refractivity contribution in [2.24, 2.45) is 5.41 Å². The van der Waals surface area contributed by atoms with Crippen molar-refractivity contribution in [3.8, 4) is 11.4 Å². The fourth-order valence-electron chi connectivity index (χ4n) is 3.48. The molecular formula is C18H26N6O2. The second kappa shape index (κ2) is 8.27. The van der Waals surface area contributed by atoms with Crippen LogP contribution in [0.15, 0.2) is 24.3 Å². The van der Waals surface area contributed by atoms with E-state index in [0.717, 1.165) is 18.4 Å². The molecule has 1 aliphatic rings. The number of anilines is 1. The summed E-state index contributed by atoms with van der Waals surface area (Å²) in [5.74, 6) is 0.543. The maximum Gasteiger partial charge on any atom is 0.319 e. The zero-order valence-corrected chi connectivity index (χ0v) is 15.4. The summed E-state index contributed by atoms with van der Waals surface area (Å²) < 4.78 is 5.36. The van der Waals surface area contributed by atoms with Crippen LogP contribution in [0.3, 0.4) is 0 Å². The number of tetrazole rings is 1. The Hall–Kier alpha value is -2.48. The van der Waals surface area contributed by atoms with E-state index >= 15 is 0 Å². The molecule has 2 aromatic rings. The molecule has 2 amide bonds. The van der Waals surface area contributed by atoms with Crippen LogP contribution in [-0.4, -0.2) is 46.5 Å². The molecule has 0 spiro atoms. The van der Waals surface area contributed by atoms with Crippen molar-refractivity contribution in [3.63, 3.8) is 0 Å². The van der Waals surface area contributed by atoms with Gasteiger partial charge in [-0.2, -0.15) is 4.80 Å². The first kappa shape index (κ1) is 18.3. The van der Waals surface area contributed by atoms with Gasteiger partial charge in [-0.3, -0.25) is 0 Å². The largest absolute Gasteiger partial charge is 0.384 e. The minimum Gasteiger partial charge on any atom is -0.384 e. The topological polar surface area (TPSA) is 94.0 Å². The molecule has 2 N–H and O–H groups in total. The molecule has 0 aliphatic heterocycles. The molecule has 1 fully saturated rings. The van der Waals surface area contributed by atoms with E-state index in [4.69, 9.17) is 4.74 Å². The highest BCUT2D eigenvalue weighted by atomic mass is 16.5. The molecule has 1 saturated carbocycles. The number of methoxy groups -OCH3 is 1. The number of aryl methyl sites for hydroxylation is 1. The van der Waals surface area contributed by atoms with Crippen molar-refractivity contribution in [3.05, 3.63) is 24.3 Å². The van der Waals surface area contributed by atoms with Crippen molar-refractivity contribution < 1.29 is 9.53 Å². The smallest absolute Gasteiger partial charge is 0.319 e. The van der Waals surface area contributed by atoms with E-state index in [9.17, 15) is 4.79 Å². The Bertz CT molecular complexity index is 739. The monoisotopic (exact) mass is 358 g/mol. The fourth-order valence-corrected chi connectivity index (χ4v) is 3.48. The number of benzene rings is 1. The minimum absolute atomic E-state index is 0.0660. The first-order valence-electron chi connectivity index (χ1n) is 9.06. The number of amides is 2. The third-order valence-corrected chi connectivity index (χ3v) is 4.85. The quantitative estimate of drug-likeness (QED) is 0.794. The molecule has 0 saturated heterocycles. The number of rotatable bonds is 7. The van der Waals surface area contributed by atoms with Gasteiger partial charge in [0.1, 0.15) is 0 Å². The summed E-state index contributed by atoms with van der Waals surface area (Å²) in [5, 5.41) is 18.2. The summed E-state index contributed by atoms with van der Waals surface area (Å²) in [5.41, 5.74) is 1.57. The number of aromatic nitrogens is 4. The number of nitrogens with one attached hydrogen (secondary N) is 2. The Morgan fingerprint density at radius 2 is 2.15 bits per heavy atom. The van der Waals surface area contributed by atoms with Crippen LogP contribution >= 0.6 is 0 Å². The summed E-state index contributed by atoms with van der Waals surface area (Å²) in [4.78, 5) is 13.8. The Kier molecular flexibility index (Phi) is 5.82. The van der Waals surface area contributed by atoms with E-state index in [1.165, 1.54) is 17.6 Å². The van der Waals surface area contributed by atoms with Gasteiger partial charge in [-0.15, -0.1) is 10.2 Å². The number of urea groups is 1. The first-order valence-corrected chi connectivity index (χ1v) is 9.06. The van der Waals surface area contributed by atoms with Crippen molar-refractivity contribution in [2.45, 2.75) is 39.2 Å². The van der Waals surface area contributed by atoms with Crippen LogP contribution in [0.1, 0.15) is 32.6 Å². The van der Waals surface area contributed by atoms with Crippen molar-refractivity contribution in [2.75, 3.05) is 25.6 Å². The van der Waals surface area contributed by atoms with E-state index in [1.807, 2.05) is 31.2 Å². The fraction of sp³-hybridized carbons (Fsp3) is 0.556. The molecule has 0 radical (unpaired) electrons. The predicted molar refractivity (Wildman–Crippen MR) is 98.7 cm³/mol. The van der Waals surface area contributed by atoms with Gasteiger partial charge in [-0.05, 0) is 37.1 Å². The molecule has 3 rings (SSSR count). The highest BCUT2D eigenvalue weighted by Gasteiger charge is 2.34. The molecule has 1 heterocycles. The molecule has 140 valence electrons. The second-order valence-electron chi connectivity index (χ2n) is 6.83.